The Kier molecular flexibility index (Phi) is 5.11. The van der Waals surface area contributed by atoms with Crippen molar-refractivity contribution < 1.29 is 0 Å². The first-order valence-corrected chi connectivity index (χ1v) is 6.37. The van der Waals surface area contributed by atoms with Crippen LogP contribution in [-0.4, -0.2) is 33.0 Å². The van der Waals surface area contributed by atoms with Gasteiger partial charge in [-0.25, -0.2) is 0 Å². The van der Waals surface area contributed by atoms with Crippen molar-refractivity contribution in [2.45, 2.75) is 31.6 Å². The predicted molar refractivity (Wildman–Crippen MR) is 65.0 cm³/mol. The summed E-state index contributed by atoms with van der Waals surface area (Å²) in [5.74, 6) is 1.06. The van der Waals surface area contributed by atoms with Gasteiger partial charge in [0.25, 0.3) is 0 Å². The van der Waals surface area contributed by atoms with Crippen LogP contribution in [0.1, 0.15) is 32.0 Å². The van der Waals surface area contributed by atoms with Crippen LogP contribution in [0.5, 0.6) is 0 Å². The Morgan fingerprint density at radius 1 is 1.60 bits per heavy atom. The van der Waals surface area contributed by atoms with E-state index >= 15 is 0 Å². The molecule has 2 atom stereocenters. The second-order valence-corrected chi connectivity index (χ2v) is 5.15. The van der Waals surface area contributed by atoms with Crippen molar-refractivity contribution in [2.75, 3.05) is 12.8 Å². The predicted octanol–water partition coefficient (Wildman–Crippen LogP) is 1.61. The normalized spacial score (nSPS) is 15.2. The molecule has 0 aromatic carbocycles. The van der Waals surface area contributed by atoms with Gasteiger partial charge in [-0.1, -0.05) is 19.1 Å². The fraction of sp³-hybridized carbons (Fsp3) is 0.800. The Hall–Kier alpha value is -0.550. The lowest BCUT2D eigenvalue weighted by molar-refractivity contribution is 0.579. The highest BCUT2D eigenvalue weighted by Crippen LogP contribution is 2.21. The number of nitrogens with zero attached hydrogens (tertiary/aromatic N) is 3. The molecule has 1 aromatic rings. The first-order valence-electron chi connectivity index (χ1n) is 5.32. The minimum Gasteiger partial charge on any atom is -0.311 e. The lowest BCUT2D eigenvalue weighted by Gasteiger charge is -2.17. The van der Waals surface area contributed by atoms with Crippen LogP contribution in [0.3, 0.4) is 0 Å². The molecule has 2 unspecified atom stereocenters. The highest BCUT2D eigenvalue weighted by Gasteiger charge is 2.14. The second kappa shape index (κ2) is 6.12. The number of hydrogen-bond donors (Lipinski definition) is 1. The molecular formula is C10H20N4S. The standard InChI is InChI=1S/C10H20N4S/c1-5-8(2)15-7-9(11-3)10-6-12-13-14(10)4/h6,8-9,11H,5,7H2,1-4H3. The maximum Gasteiger partial charge on any atom is 0.0761 e. The van der Waals surface area contributed by atoms with E-state index in [9.17, 15) is 0 Å². The summed E-state index contributed by atoms with van der Waals surface area (Å²) in [5.41, 5.74) is 1.15. The molecule has 0 saturated carbocycles. The average molecular weight is 228 g/mol. The first-order chi connectivity index (χ1) is 7.19. The molecule has 1 heterocycles. The maximum absolute atomic E-state index is 3.95. The van der Waals surface area contributed by atoms with Crippen LogP contribution in [0.4, 0.5) is 0 Å². The highest BCUT2D eigenvalue weighted by molar-refractivity contribution is 7.99. The van der Waals surface area contributed by atoms with Gasteiger partial charge in [-0.3, -0.25) is 4.68 Å². The Morgan fingerprint density at radius 3 is 2.80 bits per heavy atom. The Labute approximate surface area is 95.8 Å². The van der Waals surface area contributed by atoms with Gasteiger partial charge in [-0.05, 0) is 13.5 Å². The Balaban J connectivity index is 2.53. The summed E-state index contributed by atoms with van der Waals surface area (Å²) in [6.07, 6.45) is 3.04. The van der Waals surface area contributed by atoms with Crippen LogP contribution in [0.15, 0.2) is 6.20 Å². The van der Waals surface area contributed by atoms with E-state index in [-0.39, 0.29) is 0 Å². The summed E-state index contributed by atoms with van der Waals surface area (Å²) in [5, 5.41) is 11.9. The second-order valence-electron chi connectivity index (χ2n) is 3.68. The van der Waals surface area contributed by atoms with Crippen molar-refractivity contribution in [2.24, 2.45) is 7.05 Å². The SMILES string of the molecule is CCC(C)SCC(NC)c1cnnn1C. The van der Waals surface area contributed by atoms with Gasteiger partial charge in [0.15, 0.2) is 0 Å². The number of thioether (sulfide) groups is 1. The van der Waals surface area contributed by atoms with Gasteiger partial charge in [0.2, 0.25) is 0 Å². The van der Waals surface area contributed by atoms with Crippen molar-refractivity contribution in [3.05, 3.63) is 11.9 Å². The molecule has 0 radical (unpaired) electrons. The van der Waals surface area contributed by atoms with E-state index in [0.29, 0.717) is 11.3 Å². The molecule has 4 nitrogen and oxygen atoms in total. The quantitative estimate of drug-likeness (QED) is 0.803. The number of hydrogen-bond acceptors (Lipinski definition) is 4. The van der Waals surface area contributed by atoms with Crippen molar-refractivity contribution in [3.63, 3.8) is 0 Å². The van der Waals surface area contributed by atoms with Crippen LogP contribution in [-0.2, 0) is 7.05 Å². The molecule has 0 saturated heterocycles. The summed E-state index contributed by atoms with van der Waals surface area (Å²) >= 11 is 1.98. The summed E-state index contributed by atoms with van der Waals surface area (Å²) in [6, 6.07) is 0.337. The zero-order valence-corrected chi connectivity index (χ0v) is 10.7. The molecule has 86 valence electrons. The topological polar surface area (TPSA) is 42.7 Å². The number of aryl methyl sites for hydroxylation is 1. The summed E-state index contributed by atoms with van der Waals surface area (Å²) in [7, 11) is 3.91. The van der Waals surface area contributed by atoms with Crippen LogP contribution in [0.2, 0.25) is 0 Å². The molecule has 0 aliphatic heterocycles. The van der Waals surface area contributed by atoms with Gasteiger partial charge in [-0.15, -0.1) is 5.10 Å². The zero-order chi connectivity index (χ0) is 11.3. The van der Waals surface area contributed by atoms with Crippen molar-refractivity contribution >= 4 is 11.8 Å². The highest BCUT2D eigenvalue weighted by atomic mass is 32.2. The van der Waals surface area contributed by atoms with Gasteiger partial charge in [0.1, 0.15) is 0 Å². The van der Waals surface area contributed by atoms with E-state index < -0.39 is 0 Å². The largest absolute Gasteiger partial charge is 0.311 e. The lowest BCUT2D eigenvalue weighted by atomic mass is 10.2. The average Bonchev–Trinajstić information content (AvgIpc) is 2.65. The van der Waals surface area contributed by atoms with Gasteiger partial charge >= 0.3 is 0 Å². The maximum atomic E-state index is 3.95. The monoisotopic (exact) mass is 228 g/mol. The van der Waals surface area contributed by atoms with E-state index in [0.717, 1.165) is 11.4 Å². The molecule has 0 spiro atoms. The minimum atomic E-state index is 0.337. The summed E-state index contributed by atoms with van der Waals surface area (Å²) in [6.45, 7) is 4.48. The fourth-order valence-corrected chi connectivity index (χ4v) is 2.40. The number of rotatable bonds is 6. The van der Waals surface area contributed by atoms with Crippen LogP contribution in [0.25, 0.3) is 0 Å². The third-order valence-electron chi connectivity index (χ3n) is 2.58. The van der Waals surface area contributed by atoms with E-state index in [1.807, 2.05) is 36.7 Å². The fourth-order valence-electron chi connectivity index (χ4n) is 1.31. The van der Waals surface area contributed by atoms with Gasteiger partial charge in [0.05, 0.1) is 17.9 Å². The summed E-state index contributed by atoms with van der Waals surface area (Å²) in [4.78, 5) is 0. The van der Waals surface area contributed by atoms with E-state index in [2.05, 4.69) is 29.5 Å². The summed E-state index contributed by atoms with van der Waals surface area (Å²) < 4.78 is 1.83. The molecule has 1 aromatic heterocycles. The van der Waals surface area contributed by atoms with Crippen molar-refractivity contribution in [3.8, 4) is 0 Å². The van der Waals surface area contributed by atoms with E-state index in [1.165, 1.54) is 6.42 Å². The molecule has 0 bridgehead atoms. The van der Waals surface area contributed by atoms with E-state index in [1.54, 1.807) is 0 Å². The molecule has 0 amide bonds. The van der Waals surface area contributed by atoms with Gasteiger partial charge in [-0.2, -0.15) is 11.8 Å². The lowest BCUT2D eigenvalue weighted by Crippen LogP contribution is -2.22. The van der Waals surface area contributed by atoms with Crippen molar-refractivity contribution in [1.29, 1.82) is 0 Å². The van der Waals surface area contributed by atoms with Crippen LogP contribution >= 0.6 is 11.8 Å². The molecule has 0 aliphatic carbocycles. The molecule has 5 heteroatoms. The zero-order valence-electron chi connectivity index (χ0n) is 9.90. The Bertz CT molecular complexity index is 287. The Morgan fingerprint density at radius 2 is 2.33 bits per heavy atom. The van der Waals surface area contributed by atoms with E-state index in [4.69, 9.17) is 0 Å². The molecule has 15 heavy (non-hydrogen) atoms. The van der Waals surface area contributed by atoms with Gasteiger partial charge in [0, 0.05) is 18.1 Å². The third kappa shape index (κ3) is 3.50. The smallest absolute Gasteiger partial charge is 0.0761 e. The van der Waals surface area contributed by atoms with Crippen molar-refractivity contribution in [1.82, 2.24) is 20.3 Å². The molecule has 0 fully saturated rings. The molecule has 0 aliphatic rings. The van der Waals surface area contributed by atoms with Gasteiger partial charge < -0.3 is 5.32 Å². The molecule has 1 N–H and O–H groups in total. The third-order valence-corrected chi connectivity index (χ3v) is 4.01. The number of aromatic nitrogens is 3. The van der Waals surface area contributed by atoms with Crippen LogP contribution in [0, 0.1) is 0 Å². The first kappa shape index (κ1) is 12.5. The van der Waals surface area contributed by atoms with Crippen LogP contribution < -0.4 is 5.32 Å². The number of nitrogens with one attached hydrogen (secondary N) is 1. The molecule has 1 rings (SSSR count). The molecular weight excluding hydrogens is 208 g/mol. The minimum absolute atomic E-state index is 0.337.